The van der Waals surface area contributed by atoms with Gasteiger partial charge in [0.1, 0.15) is 5.82 Å². The predicted molar refractivity (Wildman–Crippen MR) is 94.1 cm³/mol. The van der Waals surface area contributed by atoms with Crippen LogP contribution in [-0.4, -0.2) is 19.1 Å². The molecule has 0 spiro atoms. The molecule has 2 amide bonds. The van der Waals surface area contributed by atoms with Gasteiger partial charge in [0.2, 0.25) is 0 Å². The number of carbonyl (C=O) groups is 1. The Morgan fingerprint density at radius 1 is 1.04 bits per heavy atom. The smallest absolute Gasteiger partial charge is 0.323 e. The summed E-state index contributed by atoms with van der Waals surface area (Å²) in [6, 6.07) is 11.2. The quantitative estimate of drug-likeness (QED) is 0.810. The van der Waals surface area contributed by atoms with Crippen molar-refractivity contribution >= 4 is 34.7 Å². The summed E-state index contributed by atoms with van der Waals surface area (Å²) in [6.07, 6.45) is 0. The van der Waals surface area contributed by atoms with E-state index in [9.17, 15) is 9.18 Å². The molecular weight excluding hydrogens is 317 g/mol. The van der Waals surface area contributed by atoms with Crippen LogP contribution in [0.2, 0.25) is 5.02 Å². The molecule has 2 N–H and O–H groups in total. The van der Waals surface area contributed by atoms with E-state index < -0.39 is 11.8 Å². The van der Waals surface area contributed by atoms with Crippen molar-refractivity contribution in [2.45, 2.75) is 13.8 Å². The lowest BCUT2D eigenvalue weighted by molar-refractivity contribution is 0.262. The molecule has 2 aromatic rings. The van der Waals surface area contributed by atoms with Crippen molar-refractivity contribution in [2.24, 2.45) is 0 Å². The van der Waals surface area contributed by atoms with Crippen molar-refractivity contribution < 1.29 is 9.18 Å². The third kappa shape index (κ3) is 4.60. The first kappa shape index (κ1) is 17.1. The highest BCUT2D eigenvalue weighted by Gasteiger charge is 2.06. The monoisotopic (exact) mass is 335 g/mol. The van der Waals surface area contributed by atoms with Crippen molar-refractivity contribution in [1.82, 2.24) is 0 Å². The van der Waals surface area contributed by atoms with Crippen LogP contribution in [0.25, 0.3) is 0 Å². The van der Waals surface area contributed by atoms with Crippen molar-refractivity contribution in [2.75, 3.05) is 28.6 Å². The Bertz CT molecular complexity index is 672. The molecule has 4 nitrogen and oxygen atoms in total. The number of halogens is 2. The van der Waals surface area contributed by atoms with Gasteiger partial charge in [-0.05, 0) is 56.3 Å². The minimum atomic E-state index is -0.524. The minimum Gasteiger partial charge on any atom is -0.372 e. The van der Waals surface area contributed by atoms with E-state index in [4.69, 9.17) is 11.6 Å². The summed E-state index contributed by atoms with van der Waals surface area (Å²) in [7, 11) is 0. The maximum atomic E-state index is 13.1. The maximum absolute atomic E-state index is 13.1. The summed E-state index contributed by atoms with van der Waals surface area (Å²) in [5.74, 6) is -0.524. The topological polar surface area (TPSA) is 44.4 Å². The maximum Gasteiger partial charge on any atom is 0.323 e. The van der Waals surface area contributed by atoms with Gasteiger partial charge >= 0.3 is 6.03 Å². The molecular formula is C17H19ClFN3O. The molecule has 0 aliphatic rings. The third-order valence-electron chi connectivity index (χ3n) is 3.43. The van der Waals surface area contributed by atoms with Crippen LogP contribution in [0, 0.1) is 5.82 Å². The van der Waals surface area contributed by atoms with Crippen molar-refractivity contribution in [3.05, 3.63) is 53.3 Å². The molecule has 2 aromatic carbocycles. The molecule has 0 saturated heterocycles. The number of nitrogens with one attached hydrogen (secondary N) is 2. The molecule has 0 aliphatic carbocycles. The number of benzene rings is 2. The molecule has 6 heteroatoms. The van der Waals surface area contributed by atoms with Gasteiger partial charge < -0.3 is 15.5 Å². The van der Waals surface area contributed by atoms with Crippen LogP contribution in [0.5, 0.6) is 0 Å². The van der Waals surface area contributed by atoms with E-state index in [1.54, 1.807) is 0 Å². The fourth-order valence-electron chi connectivity index (χ4n) is 2.21. The lowest BCUT2D eigenvalue weighted by Gasteiger charge is -2.21. The normalized spacial score (nSPS) is 10.3. The molecule has 0 aromatic heterocycles. The molecule has 0 fully saturated rings. The highest BCUT2D eigenvalue weighted by Crippen LogP contribution is 2.20. The van der Waals surface area contributed by atoms with Crippen LogP contribution >= 0.6 is 11.6 Å². The molecule has 0 atom stereocenters. The largest absolute Gasteiger partial charge is 0.372 e. The molecule has 0 unspecified atom stereocenters. The molecule has 0 saturated carbocycles. The first-order valence-corrected chi connectivity index (χ1v) is 7.79. The summed E-state index contributed by atoms with van der Waals surface area (Å²) in [4.78, 5) is 14.2. The molecule has 0 radical (unpaired) electrons. The van der Waals surface area contributed by atoms with Crippen molar-refractivity contribution in [3.8, 4) is 0 Å². The van der Waals surface area contributed by atoms with E-state index in [1.807, 2.05) is 24.3 Å². The zero-order valence-corrected chi connectivity index (χ0v) is 13.8. The van der Waals surface area contributed by atoms with Gasteiger partial charge in [-0.3, -0.25) is 0 Å². The van der Waals surface area contributed by atoms with E-state index in [0.29, 0.717) is 11.4 Å². The highest BCUT2D eigenvalue weighted by atomic mass is 35.5. The van der Waals surface area contributed by atoms with Gasteiger partial charge in [0.15, 0.2) is 0 Å². The van der Waals surface area contributed by atoms with Crippen LogP contribution in [-0.2, 0) is 0 Å². The molecule has 0 aliphatic heterocycles. The van der Waals surface area contributed by atoms with E-state index in [2.05, 4.69) is 29.4 Å². The standard InChI is InChI=1S/C17H19ClFN3O/c1-3-22(4-2)14-8-5-12(6-9-14)20-17(23)21-13-7-10-16(19)15(18)11-13/h5-11H,3-4H2,1-2H3,(H2,20,21,23). The summed E-state index contributed by atoms with van der Waals surface area (Å²) in [5, 5.41) is 5.29. The Balaban J connectivity index is 1.98. The van der Waals surface area contributed by atoms with Crippen LogP contribution in [0.3, 0.4) is 0 Å². The second-order valence-electron chi connectivity index (χ2n) is 4.93. The van der Waals surface area contributed by atoms with Crippen molar-refractivity contribution in [3.63, 3.8) is 0 Å². The van der Waals surface area contributed by atoms with Crippen LogP contribution < -0.4 is 15.5 Å². The molecule has 0 heterocycles. The van der Waals surface area contributed by atoms with Crippen LogP contribution in [0.15, 0.2) is 42.5 Å². The summed E-state index contributed by atoms with van der Waals surface area (Å²) < 4.78 is 13.1. The van der Waals surface area contributed by atoms with Gasteiger partial charge in [-0.25, -0.2) is 9.18 Å². The van der Waals surface area contributed by atoms with Gasteiger partial charge in [0.25, 0.3) is 0 Å². The predicted octanol–water partition coefficient (Wildman–Crippen LogP) is 4.97. The summed E-state index contributed by atoms with van der Waals surface area (Å²) in [6.45, 7) is 6.04. The van der Waals surface area contributed by atoms with E-state index in [-0.39, 0.29) is 5.02 Å². The number of rotatable bonds is 5. The zero-order chi connectivity index (χ0) is 16.8. The Hall–Kier alpha value is -2.27. The highest BCUT2D eigenvalue weighted by molar-refractivity contribution is 6.31. The van der Waals surface area contributed by atoms with E-state index in [1.165, 1.54) is 18.2 Å². The fraction of sp³-hybridized carbons (Fsp3) is 0.235. The lowest BCUT2D eigenvalue weighted by Crippen LogP contribution is -2.22. The van der Waals surface area contributed by atoms with Gasteiger partial charge in [-0.2, -0.15) is 0 Å². The first-order valence-electron chi connectivity index (χ1n) is 7.41. The minimum absolute atomic E-state index is 0.0358. The Morgan fingerprint density at radius 2 is 1.61 bits per heavy atom. The number of amides is 2. The average Bonchev–Trinajstić information content (AvgIpc) is 2.53. The van der Waals surface area contributed by atoms with Crippen molar-refractivity contribution in [1.29, 1.82) is 0 Å². The Morgan fingerprint density at radius 3 is 2.17 bits per heavy atom. The average molecular weight is 336 g/mol. The fourth-order valence-corrected chi connectivity index (χ4v) is 2.39. The molecule has 23 heavy (non-hydrogen) atoms. The van der Waals surface area contributed by atoms with Gasteiger partial charge in [0, 0.05) is 30.2 Å². The zero-order valence-electron chi connectivity index (χ0n) is 13.1. The molecule has 122 valence electrons. The van der Waals surface area contributed by atoms with Crippen LogP contribution in [0.4, 0.5) is 26.2 Å². The number of anilines is 3. The van der Waals surface area contributed by atoms with Gasteiger partial charge in [-0.1, -0.05) is 11.6 Å². The number of carbonyl (C=O) groups excluding carboxylic acids is 1. The Kier molecular flexibility index (Phi) is 5.82. The van der Waals surface area contributed by atoms with Gasteiger partial charge in [0.05, 0.1) is 5.02 Å². The Labute approximate surface area is 140 Å². The molecule has 0 bridgehead atoms. The van der Waals surface area contributed by atoms with E-state index >= 15 is 0 Å². The number of nitrogens with zero attached hydrogens (tertiary/aromatic N) is 1. The number of hydrogen-bond acceptors (Lipinski definition) is 2. The first-order chi connectivity index (χ1) is 11.0. The van der Waals surface area contributed by atoms with Gasteiger partial charge in [-0.15, -0.1) is 0 Å². The number of hydrogen-bond donors (Lipinski definition) is 2. The third-order valence-corrected chi connectivity index (χ3v) is 3.72. The summed E-state index contributed by atoms with van der Waals surface area (Å²) in [5.41, 5.74) is 2.20. The second kappa shape index (κ2) is 7.83. The van der Waals surface area contributed by atoms with Crippen LogP contribution in [0.1, 0.15) is 13.8 Å². The SMILES string of the molecule is CCN(CC)c1ccc(NC(=O)Nc2ccc(F)c(Cl)c2)cc1. The second-order valence-corrected chi connectivity index (χ2v) is 5.33. The van der Waals surface area contributed by atoms with E-state index in [0.717, 1.165) is 18.8 Å². The number of urea groups is 1. The lowest BCUT2D eigenvalue weighted by atomic mass is 10.2. The molecule has 2 rings (SSSR count). The summed E-state index contributed by atoms with van der Waals surface area (Å²) >= 11 is 5.68.